The molecule has 3 amide bonds. The van der Waals surface area contributed by atoms with E-state index in [2.05, 4.69) is 10.6 Å². The first-order valence-electron chi connectivity index (χ1n) is 6.68. The summed E-state index contributed by atoms with van der Waals surface area (Å²) in [4.78, 5) is 35.3. The molecule has 0 saturated carbocycles. The normalized spacial score (nSPS) is 14.5. The van der Waals surface area contributed by atoms with Crippen molar-refractivity contribution in [2.24, 2.45) is 0 Å². The summed E-state index contributed by atoms with van der Waals surface area (Å²) in [5.74, 6) is -1.13. The largest absolute Gasteiger partial charge is 0.478 e. The van der Waals surface area contributed by atoms with Crippen LogP contribution in [0.15, 0.2) is 24.3 Å². The number of nitrogens with zero attached hydrogens (tertiary/aromatic N) is 1. The Morgan fingerprint density at radius 3 is 2.90 bits per heavy atom. The van der Waals surface area contributed by atoms with E-state index < -0.39 is 5.97 Å². The molecule has 7 nitrogen and oxygen atoms in total. The minimum absolute atomic E-state index is 0.0698. The van der Waals surface area contributed by atoms with Gasteiger partial charge in [0.05, 0.1) is 5.56 Å². The Kier molecular flexibility index (Phi) is 4.76. The Balaban J connectivity index is 1.81. The lowest BCUT2D eigenvalue weighted by atomic mass is 10.1. The van der Waals surface area contributed by atoms with E-state index in [4.69, 9.17) is 5.11 Å². The van der Waals surface area contributed by atoms with Gasteiger partial charge in [0.1, 0.15) is 6.54 Å². The van der Waals surface area contributed by atoms with E-state index in [-0.39, 0.29) is 24.0 Å². The molecule has 0 aromatic heterocycles. The summed E-state index contributed by atoms with van der Waals surface area (Å²) in [6.07, 6.45) is 0.535. The average Bonchev–Trinajstić information content (AvgIpc) is 2.47. The lowest BCUT2D eigenvalue weighted by molar-refractivity contribution is -0.123. The van der Waals surface area contributed by atoms with Crippen LogP contribution in [0.4, 0.5) is 4.79 Å². The summed E-state index contributed by atoms with van der Waals surface area (Å²) < 4.78 is 0. The Labute approximate surface area is 121 Å². The van der Waals surface area contributed by atoms with Crippen molar-refractivity contribution in [1.82, 2.24) is 15.5 Å². The minimum atomic E-state index is -0.972. The second-order valence-corrected chi connectivity index (χ2v) is 4.76. The smallest absolute Gasteiger partial charge is 0.335 e. The topological polar surface area (TPSA) is 98.7 Å². The van der Waals surface area contributed by atoms with Gasteiger partial charge >= 0.3 is 12.0 Å². The van der Waals surface area contributed by atoms with Gasteiger partial charge in [0.15, 0.2) is 0 Å². The molecule has 1 heterocycles. The maximum atomic E-state index is 11.8. The quantitative estimate of drug-likeness (QED) is 0.731. The number of rotatable bonds is 4. The van der Waals surface area contributed by atoms with Crippen LogP contribution in [0.5, 0.6) is 0 Å². The molecule has 0 unspecified atom stereocenters. The predicted octanol–water partition coefficient (Wildman–Crippen LogP) is 0.0687. The van der Waals surface area contributed by atoms with Crippen LogP contribution in [0.2, 0.25) is 0 Å². The molecule has 1 fully saturated rings. The lowest BCUT2D eigenvalue weighted by Crippen LogP contribution is -2.53. The van der Waals surface area contributed by atoms with E-state index in [0.717, 1.165) is 5.56 Å². The number of carbonyl (C=O) groups excluding carboxylic acids is 2. The molecule has 21 heavy (non-hydrogen) atoms. The first-order valence-corrected chi connectivity index (χ1v) is 6.68. The van der Waals surface area contributed by atoms with Crippen molar-refractivity contribution in [3.63, 3.8) is 0 Å². The van der Waals surface area contributed by atoms with E-state index in [9.17, 15) is 14.4 Å². The van der Waals surface area contributed by atoms with Crippen LogP contribution < -0.4 is 10.6 Å². The number of piperazine rings is 1. The molecule has 0 aliphatic carbocycles. The maximum absolute atomic E-state index is 11.8. The summed E-state index contributed by atoms with van der Waals surface area (Å²) in [5, 5.41) is 14.3. The molecule has 3 N–H and O–H groups in total. The number of carboxylic acids is 1. The molecule has 1 aromatic carbocycles. The van der Waals surface area contributed by atoms with Crippen LogP contribution in [0.1, 0.15) is 15.9 Å². The van der Waals surface area contributed by atoms with Crippen LogP contribution in [0.3, 0.4) is 0 Å². The predicted molar refractivity (Wildman–Crippen MR) is 75.1 cm³/mol. The van der Waals surface area contributed by atoms with E-state index in [1.165, 1.54) is 11.0 Å². The molecule has 1 aliphatic heterocycles. The molecular weight excluding hydrogens is 274 g/mol. The fraction of sp³-hybridized carbons (Fsp3) is 0.357. The number of carboxylic acid groups (broad SMARTS) is 1. The number of hydrogen-bond donors (Lipinski definition) is 3. The number of hydrogen-bond acceptors (Lipinski definition) is 3. The zero-order valence-corrected chi connectivity index (χ0v) is 11.5. The van der Waals surface area contributed by atoms with Gasteiger partial charge in [-0.05, 0) is 24.1 Å². The molecule has 0 bridgehead atoms. The van der Waals surface area contributed by atoms with E-state index in [1.54, 1.807) is 12.1 Å². The zero-order chi connectivity index (χ0) is 15.2. The maximum Gasteiger partial charge on any atom is 0.335 e. The average molecular weight is 291 g/mol. The third kappa shape index (κ3) is 4.20. The summed E-state index contributed by atoms with van der Waals surface area (Å²) >= 11 is 0. The Morgan fingerprint density at radius 1 is 1.38 bits per heavy atom. The van der Waals surface area contributed by atoms with Crippen molar-refractivity contribution in [2.45, 2.75) is 6.42 Å². The van der Waals surface area contributed by atoms with Gasteiger partial charge in [-0.3, -0.25) is 4.79 Å². The number of benzene rings is 1. The molecule has 0 atom stereocenters. The standard InChI is InChI=1S/C14H17N3O4/c18-12-9-17(7-6-15-12)14(21)16-5-4-10-2-1-3-11(8-10)13(19)20/h1-3,8H,4-7,9H2,(H,15,18)(H,16,21)(H,19,20). The van der Waals surface area contributed by atoms with Gasteiger partial charge in [0.2, 0.25) is 5.91 Å². The Morgan fingerprint density at radius 2 is 2.19 bits per heavy atom. The van der Waals surface area contributed by atoms with Crippen LogP contribution in [0.25, 0.3) is 0 Å². The first kappa shape index (κ1) is 14.8. The lowest BCUT2D eigenvalue weighted by Gasteiger charge is -2.26. The molecule has 1 aliphatic rings. The monoisotopic (exact) mass is 291 g/mol. The van der Waals surface area contributed by atoms with Gasteiger partial charge in [-0.25, -0.2) is 9.59 Å². The third-order valence-electron chi connectivity index (χ3n) is 3.19. The van der Waals surface area contributed by atoms with Gasteiger partial charge in [-0.1, -0.05) is 12.1 Å². The Bertz CT molecular complexity index is 559. The summed E-state index contributed by atoms with van der Waals surface area (Å²) in [7, 11) is 0. The van der Waals surface area contributed by atoms with E-state index >= 15 is 0 Å². The molecule has 7 heteroatoms. The van der Waals surface area contributed by atoms with Gasteiger partial charge in [-0.2, -0.15) is 0 Å². The molecule has 2 rings (SSSR count). The fourth-order valence-electron chi connectivity index (χ4n) is 2.10. The summed E-state index contributed by atoms with van der Waals surface area (Å²) in [5.41, 5.74) is 1.07. The van der Waals surface area contributed by atoms with Crippen LogP contribution in [0, 0.1) is 0 Å². The molecule has 0 spiro atoms. The Hall–Kier alpha value is -2.57. The van der Waals surface area contributed by atoms with Crippen molar-refractivity contribution >= 4 is 17.9 Å². The summed E-state index contributed by atoms with van der Waals surface area (Å²) in [6, 6.07) is 6.32. The molecule has 0 radical (unpaired) electrons. The molecule has 1 saturated heterocycles. The first-order chi connectivity index (χ1) is 10.1. The minimum Gasteiger partial charge on any atom is -0.478 e. The van der Waals surface area contributed by atoms with Crippen molar-refractivity contribution in [1.29, 1.82) is 0 Å². The number of urea groups is 1. The van der Waals surface area contributed by atoms with Gasteiger partial charge in [0, 0.05) is 19.6 Å². The number of carbonyl (C=O) groups is 3. The van der Waals surface area contributed by atoms with E-state index in [0.29, 0.717) is 26.1 Å². The van der Waals surface area contributed by atoms with Crippen LogP contribution >= 0.6 is 0 Å². The fourth-order valence-corrected chi connectivity index (χ4v) is 2.10. The summed E-state index contributed by atoms with van der Waals surface area (Å²) in [6.45, 7) is 1.42. The van der Waals surface area contributed by atoms with Gasteiger partial charge < -0.3 is 20.6 Å². The second kappa shape index (κ2) is 6.74. The van der Waals surface area contributed by atoms with E-state index in [1.807, 2.05) is 6.07 Å². The highest BCUT2D eigenvalue weighted by Gasteiger charge is 2.20. The van der Waals surface area contributed by atoms with Gasteiger partial charge in [0.25, 0.3) is 0 Å². The highest BCUT2D eigenvalue weighted by Crippen LogP contribution is 2.05. The highest BCUT2D eigenvalue weighted by molar-refractivity contribution is 5.87. The number of aromatic carboxylic acids is 1. The van der Waals surface area contributed by atoms with Gasteiger partial charge in [-0.15, -0.1) is 0 Å². The van der Waals surface area contributed by atoms with Crippen LogP contribution in [-0.2, 0) is 11.2 Å². The van der Waals surface area contributed by atoms with Crippen molar-refractivity contribution in [3.8, 4) is 0 Å². The second-order valence-electron chi connectivity index (χ2n) is 4.76. The molecule has 112 valence electrons. The third-order valence-corrected chi connectivity index (χ3v) is 3.19. The number of amides is 3. The molecular formula is C14H17N3O4. The zero-order valence-electron chi connectivity index (χ0n) is 11.5. The highest BCUT2D eigenvalue weighted by atomic mass is 16.4. The van der Waals surface area contributed by atoms with Crippen molar-refractivity contribution in [3.05, 3.63) is 35.4 Å². The van der Waals surface area contributed by atoms with Crippen molar-refractivity contribution < 1.29 is 19.5 Å². The number of nitrogens with one attached hydrogen (secondary N) is 2. The molecule has 1 aromatic rings. The van der Waals surface area contributed by atoms with Crippen molar-refractivity contribution in [2.75, 3.05) is 26.2 Å². The SMILES string of the molecule is O=C1CN(C(=O)NCCc2cccc(C(=O)O)c2)CCN1. The van der Waals surface area contributed by atoms with Crippen LogP contribution in [-0.4, -0.2) is 54.1 Å².